The number of likely N-dealkylation sites (N-methyl/N-ethyl adjacent to an activating group) is 1. The lowest BCUT2D eigenvalue weighted by Gasteiger charge is -2.27. The number of aromatic carboxylic acids is 1. The Hall–Kier alpha value is -1.96. The van der Waals surface area contributed by atoms with Gasteiger partial charge in [-0.15, -0.1) is 0 Å². The molecule has 1 saturated heterocycles. The second kappa shape index (κ2) is 4.96. The van der Waals surface area contributed by atoms with Crippen LogP contribution in [0.25, 0.3) is 0 Å². The van der Waals surface area contributed by atoms with Gasteiger partial charge in [0.2, 0.25) is 5.91 Å². The number of rotatable bonds is 3. The highest BCUT2D eigenvalue weighted by Crippen LogP contribution is 2.25. The van der Waals surface area contributed by atoms with Crippen molar-refractivity contribution < 1.29 is 19.5 Å². The molecule has 1 unspecified atom stereocenters. The summed E-state index contributed by atoms with van der Waals surface area (Å²) in [6, 6.07) is -0.533. The first-order chi connectivity index (χ1) is 8.90. The molecule has 1 fully saturated rings. The smallest absolute Gasteiger partial charge is 0.347 e. The molecule has 1 aliphatic rings. The molecule has 2 N–H and O–H groups in total. The van der Waals surface area contributed by atoms with Crippen molar-refractivity contribution in [3.05, 3.63) is 10.6 Å². The highest BCUT2D eigenvalue weighted by molar-refractivity contribution is 7.17. The molecular formula is C11H13N3O4S. The van der Waals surface area contributed by atoms with Crippen LogP contribution >= 0.6 is 11.3 Å². The van der Waals surface area contributed by atoms with Crippen LogP contribution in [0.1, 0.15) is 28.2 Å². The van der Waals surface area contributed by atoms with Crippen molar-refractivity contribution >= 4 is 34.3 Å². The molecule has 2 amide bonds. The van der Waals surface area contributed by atoms with Gasteiger partial charge in [0.15, 0.2) is 5.13 Å². The molecule has 7 nitrogen and oxygen atoms in total. The summed E-state index contributed by atoms with van der Waals surface area (Å²) < 4.78 is 0. The van der Waals surface area contributed by atoms with Crippen molar-refractivity contribution in [3.8, 4) is 0 Å². The third-order valence-electron chi connectivity index (χ3n) is 2.94. The number of piperidine rings is 1. The molecule has 0 radical (unpaired) electrons. The van der Waals surface area contributed by atoms with Crippen LogP contribution in [-0.2, 0) is 9.59 Å². The maximum atomic E-state index is 11.9. The van der Waals surface area contributed by atoms with Crippen molar-refractivity contribution in [3.63, 3.8) is 0 Å². The Balaban J connectivity index is 2.13. The van der Waals surface area contributed by atoms with E-state index in [0.29, 0.717) is 17.2 Å². The van der Waals surface area contributed by atoms with E-state index < -0.39 is 12.0 Å². The fraction of sp³-hybridized carbons (Fsp3) is 0.455. The summed E-state index contributed by atoms with van der Waals surface area (Å²) in [5, 5.41) is 12.2. The molecule has 102 valence electrons. The summed E-state index contributed by atoms with van der Waals surface area (Å²) in [6.07, 6.45) is 0.680. The van der Waals surface area contributed by atoms with Gasteiger partial charge in [0.25, 0.3) is 5.91 Å². The van der Waals surface area contributed by atoms with Crippen LogP contribution in [0.15, 0.2) is 0 Å². The third kappa shape index (κ3) is 2.58. The van der Waals surface area contributed by atoms with Crippen LogP contribution < -0.4 is 5.32 Å². The number of aromatic nitrogens is 1. The second-order valence-corrected chi connectivity index (χ2v) is 5.26. The van der Waals surface area contributed by atoms with Gasteiger partial charge in [-0.25, -0.2) is 9.78 Å². The number of hydrogen-bond acceptors (Lipinski definition) is 6. The molecule has 1 aromatic heterocycles. The summed E-state index contributed by atoms with van der Waals surface area (Å²) in [6.45, 7) is 1.60. The van der Waals surface area contributed by atoms with Crippen LogP contribution in [-0.4, -0.2) is 45.9 Å². The van der Waals surface area contributed by atoms with Crippen molar-refractivity contribution in [2.45, 2.75) is 25.8 Å². The number of thiazole rings is 1. The maximum Gasteiger partial charge on any atom is 0.347 e. The Labute approximate surface area is 113 Å². The van der Waals surface area contributed by atoms with Crippen molar-refractivity contribution in [2.75, 3.05) is 12.4 Å². The van der Waals surface area contributed by atoms with Crippen LogP contribution in [0.3, 0.4) is 0 Å². The van der Waals surface area contributed by atoms with Crippen LogP contribution in [0.5, 0.6) is 0 Å². The number of carboxylic acid groups (broad SMARTS) is 1. The van der Waals surface area contributed by atoms with Crippen molar-refractivity contribution in [2.24, 2.45) is 0 Å². The highest BCUT2D eigenvalue weighted by atomic mass is 32.1. The van der Waals surface area contributed by atoms with E-state index in [9.17, 15) is 14.4 Å². The number of nitrogens with one attached hydrogen (secondary N) is 1. The van der Waals surface area contributed by atoms with E-state index in [0.717, 1.165) is 16.2 Å². The number of carbonyl (C=O) groups excluding carboxylic acids is 2. The number of amides is 2. The zero-order valence-electron chi connectivity index (χ0n) is 10.5. The number of hydrogen-bond donors (Lipinski definition) is 2. The van der Waals surface area contributed by atoms with Crippen LogP contribution in [0, 0.1) is 6.92 Å². The molecule has 0 aliphatic carbocycles. The van der Waals surface area contributed by atoms with Crippen LogP contribution in [0.2, 0.25) is 0 Å². The Morgan fingerprint density at radius 2 is 2.21 bits per heavy atom. The summed E-state index contributed by atoms with van der Waals surface area (Å²) in [5.74, 6) is -1.56. The molecule has 1 atom stereocenters. The van der Waals surface area contributed by atoms with Gasteiger partial charge in [0, 0.05) is 13.5 Å². The molecule has 0 aromatic carbocycles. The lowest BCUT2D eigenvalue weighted by atomic mass is 10.1. The number of likely N-dealkylation sites (tertiary alicyclic amines) is 1. The minimum Gasteiger partial charge on any atom is -0.477 e. The predicted molar refractivity (Wildman–Crippen MR) is 68.2 cm³/mol. The number of carboxylic acids is 1. The Bertz CT molecular complexity index is 554. The lowest BCUT2D eigenvalue weighted by molar-refractivity contribution is -0.146. The first-order valence-corrected chi connectivity index (χ1v) is 6.49. The first kappa shape index (κ1) is 13.5. The number of nitrogens with zero attached hydrogens (tertiary/aromatic N) is 2. The maximum absolute atomic E-state index is 11.9. The average molecular weight is 283 g/mol. The normalized spacial score (nSPS) is 19.7. The van der Waals surface area contributed by atoms with Crippen molar-refractivity contribution in [1.82, 2.24) is 9.88 Å². The van der Waals surface area contributed by atoms with E-state index in [-0.39, 0.29) is 23.1 Å². The Morgan fingerprint density at radius 1 is 1.53 bits per heavy atom. The Morgan fingerprint density at radius 3 is 2.79 bits per heavy atom. The van der Waals surface area contributed by atoms with E-state index in [2.05, 4.69) is 10.3 Å². The largest absolute Gasteiger partial charge is 0.477 e. The van der Waals surface area contributed by atoms with Gasteiger partial charge in [0.05, 0.1) is 5.69 Å². The van der Waals surface area contributed by atoms with Gasteiger partial charge in [-0.05, 0) is 13.3 Å². The monoisotopic (exact) mass is 283 g/mol. The van der Waals surface area contributed by atoms with Crippen molar-refractivity contribution in [1.29, 1.82) is 0 Å². The topological polar surface area (TPSA) is 99.6 Å². The molecule has 19 heavy (non-hydrogen) atoms. The van der Waals surface area contributed by atoms with E-state index in [1.165, 1.54) is 7.05 Å². The second-order valence-electron chi connectivity index (χ2n) is 4.27. The van der Waals surface area contributed by atoms with Gasteiger partial charge >= 0.3 is 5.97 Å². The fourth-order valence-electron chi connectivity index (χ4n) is 1.86. The highest BCUT2D eigenvalue weighted by Gasteiger charge is 2.32. The fourth-order valence-corrected chi connectivity index (χ4v) is 2.71. The minimum atomic E-state index is -1.04. The average Bonchev–Trinajstić information content (AvgIpc) is 2.71. The molecular weight excluding hydrogens is 270 g/mol. The van der Waals surface area contributed by atoms with Gasteiger partial charge in [-0.3, -0.25) is 14.5 Å². The standard InChI is InChI=1S/C11H13N3O4S/c1-5-8(10(17)18)19-11(12-5)13-6-3-4-7(15)14(2)9(6)16/h6H,3-4H2,1-2H3,(H,12,13)(H,17,18). The van der Waals surface area contributed by atoms with E-state index in [4.69, 9.17) is 5.11 Å². The van der Waals surface area contributed by atoms with Gasteiger partial charge in [0.1, 0.15) is 10.9 Å². The number of carbonyl (C=O) groups is 3. The van der Waals surface area contributed by atoms with Gasteiger partial charge in [-0.2, -0.15) is 0 Å². The van der Waals surface area contributed by atoms with E-state index in [1.54, 1.807) is 6.92 Å². The summed E-state index contributed by atoms with van der Waals surface area (Å²) >= 11 is 0.988. The van der Waals surface area contributed by atoms with Gasteiger partial charge in [-0.1, -0.05) is 11.3 Å². The quantitative estimate of drug-likeness (QED) is 0.792. The number of aryl methyl sites for hydroxylation is 1. The molecule has 0 saturated carbocycles. The molecule has 1 aromatic rings. The third-order valence-corrected chi connectivity index (χ3v) is 4.01. The zero-order valence-corrected chi connectivity index (χ0v) is 11.3. The predicted octanol–water partition coefficient (Wildman–Crippen LogP) is 0.709. The molecule has 2 rings (SSSR count). The minimum absolute atomic E-state index is 0.148. The molecule has 0 spiro atoms. The van der Waals surface area contributed by atoms with Gasteiger partial charge < -0.3 is 10.4 Å². The molecule has 0 bridgehead atoms. The Kier molecular flexibility index (Phi) is 3.52. The summed E-state index contributed by atoms with van der Waals surface area (Å²) in [4.78, 5) is 39.4. The number of imide groups is 1. The lowest BCUT2D eigenvalue weighted by Crippen LogP contribution is -2.48. The van der Waals surface area contributed by atoms with E-state index in [1.807, 2.05) is 0 Å². The molecule has 8 heteroatoms. The molecule has 1 aliphatic heterocycles. The van der Waals surface area contributed by atoms with Crippen LogP contribution in [0.4, 0.5) is 5.13 Å². The summed E-state index contributed by atoms with van der Waals surface area (Å²) in [7, 11) is 1.44. The first-order valence-electron chi connectivity index (χ1n) is 5.68. The molecule has 2 heterocycles. The zero-order chi connectivity index (χ0) is 14.2. The SMILES string of the molecule is Cc1nc(NC2CCC(=O)N(C)C2=O)sc1C(=O)O. The summed E-state index contributed by atoms with van der Waals surface area (Å²) in [5.41, 5.74) is 0.410. The van der Waals surface area contributed by atoms with E-state index >= 15 is 0 Å². The number of anilines is 1.